The van der Waals surface area contributed by atoms with E-state index in [0.717, 1.165) is 49.1 Å². The number of aromatic nitrogens is 5. The van der Waals surface area contributed by atoms with Crippen LogP contribution in [0.4, 0.5) is 11.6 Å². The molecular formula is C19H23N7O. The van der Waals surface area contributed by atoms with Crippen molar-refractivity contribution in [2.75, 3.05) is 37.0 Å². The van der Waals surface area contributed by atoms with Gasteiger partial charge in [-0.2, -0.15) is 5.10 Å². The molecule has 8 heteroatoms. The van der Waals surface area contributed by atoms with Crippen molar-refractivity contribution in [3.05, 3.63) is 59.0 Å². The number of piperidine rings is 1. The van der Waals surface area contributed by atoms with Crippen LogP contribution < -0.4 is 15.5 Å². The number of H-pyrrole nitrogens is 1. The zero-order valence-electron chi connectivity index (χ0n) is 15.5. The van der Waals surface area contributed by atoms with Gasteiger partial charge in [0.15, 0.2) is 0 Å². The molecular weight excluding hydrogens is 342 g/mol. The van der Waals surface area contributed by atoms with E-state index in [0.29, 0.717) is 0 Å². The second-order valence-corrected chi connectivity index (χ2v) is 6.97. The predicted molar refractivity (Wildman–Crippen MR) is 105 cm³/mol. The van der Waals surface area contributed by atoms with Crippen LogP contribution in [0.2, 0.25) is 0 Å². The van der Waals surface area contributed by atoms with Crippen molar-refractivity contribution in [1.29, 1.82) is 0 Å². The number of hydrogen-bond donors (Lipinski definition) is 1. The molecule has 1 fully saturated rings. The molecule has 1 N–H and O–H groups in total. The Kier molecular flexibility index (Phi) is 4.62. The topological polar surface area (TPSA) is 82.9 Å². The molecule has 3 aromatic rings. The third kappa shape index (κ3) is 3.42. The van der Waals surface area contributed by atoms with E-state index in [2.05, 4.69) is 25.1 Å². The Morgan fingerprint density at radius 2 is 2.00 bits per heavy atom. The Labute approximate surface area is 157 Å². The zero-order chi connectivity index (χ0) is 18.8. The van der Waals surface area contributed by atoms with Crippen molar-refractivity contribution < 1.29 is 0 Å². The van der Waals surface area contributed by atoms with Crippen molar-refractivity contribution in [3.8, 4) is 5.69 Å². The number of aromatic amines is 1. The van der Waals surface area contributed by atoms with Gasteiger partial charge in [0.2, 0.25) is 0 Å². The highest BCUT2D eigenvalue weighted by Crippen LogP contribution is 2.29. The van der Waals surface area contributed by atoms with Crippen LogP contribution >= 0.6 is 0 Å². The molecule has 140 valence electrons. The monoisotopic (exact) mass is 365 g/mol. The SMILES string of the molecule is CN(C)c1cc(N2CCC[C@H](c3n[nH]c(=O)n3-c3ccccc3)C2)ncn1. The molecule has 0 amide bonds. The Bertz CT molecular complexity index is 963. The van der Waals surface area contributed by atoms with E-state index in [1.54, 1.807) is 10.9 Å². The van der Waals surface area contributed by atoms with E-state index in [1.807, 2.05) is 55.4 Å². The fourth-order valence-corrected chi connectivity index (χ4v) is 3.56. The van der Waals surface area contributed by atoms with Crippen LogP contribution in [0.1, 0.15) is 24.6 Å². The first-order valence-corrected chi connectivity index (χ1v) is 9.10. The second kappa shape index (κ2) is 7.22. The molecule has 8 nitrogen and oxygen atoms in total. The maximum Gasteiger partial charge on any atom is 0.347 e. The molecule has 0 spiro atoms. The van der Waals surface area contributed by atoms with Crippen LogP contribution in [-0.2, 0) is 0 Å². The third-order valence-electron chi connectivity index (χ3n) is 4.92. The molecule has 1 aromatic carbocycles. The number of benzene rings is 1. The molecule has 0 saturated carbocycles. The Morgan fingerprint density at radius 1 is 1.19 bits per heavy atom. The number of para-hydroxylation sites is 1. The summed E-state index contributed by atoms with van der Waals surface area (Å²) in [7, 11) is 3.93. The Morgan fingerprint density at radius 3 is 2.78 bits per heavy atom. The fraction of sp³-hybridized carbons (Fsp3) is 0.368. The first-order valence-electron chi connectivity index (χ1n) is 9.10. The lowest BCUT2D eigenvalue weighted by Crippen LogP contribution is -2.36. The van der Waals surface area contributed by atoms with Crippen LogP contribution in [0.15, 0.2) is 47.5 Å². The molecule has 4 rings (SSSR count). The van der Waals surface area contributed by atoms with Crippen LogP contribution in [0.3, 0.4) is 0 Å². The zero-order valence-corrected chi connectivity index (χ0v) is 15.5. The van der Waals surface area contributed by atoms with E-state index >= 15 is 0 Å². The highest BCUT2D eigenvalue weighted by atomic mass is 16.1. The molecule has 3 heterocycles. The normalized spacial score (nSPS) is 17.1. The molecule has 1 saturated heterocycles. The third-order valence-corrected chi connectivity index (χ3v) is 4.92. The minimum Gasteiger partial charge on any atom is -0.363 e. The van der Waals surface area contributed by atoms with Crippen molar-refractivity contribution in [2.24, 2.45) is 0 Å². The summed E-state index contributed by atoms with van der Waals surface area (Å²) in [5.74, 6) is 2.71. The van der Waals surface area contributed by atoms with Crippen LogP contribution in [0.5, 0.6) is 0 Å². The van der Waals surface area contributed by atoms with Gasteiger partial charge in [-0.1, -0.05) is 18.2 Å². The molecule has 1 atom stereocenters. The quantitative estimate of drug-likeness (QED) is 0.759. The minimum atomic E-state index is -0.203. The van der Waals surface area contributed by atoms with Gasteiger partial charge in [-0.25, -0.2) is 24.4 Å². The fourth-order valence-electron chi connectivity index (χ4n) is 3.56. The van der Waals surface area contributed by atoms with E-state index in [4.69, 9.17) is 0 Å². The standard InChI is InChI=1S/C19H23N7O/c1-24(2)16-11-17(21-13-20-16)25-10-6-7-14(12-25)18-22-23-19(27)26(18)15-8-4-3-5-9-15/h3-5,8-9,11,13-14H,6-7,10,12H2,1-2H3,(H,23,27)/t14-/m0/s1. The average molecular weight is 365 g/mol. The average Bonchev–Trinajstić information content (AvgIpc) is 3.10. The molecule has 0 bridgehead atoms. The summed E-state index contributed by atoms with van der Waals surface area (Å²) in [5, 5.41) is 6.97. The smallest absolute Gasteiger partial charge is 0.347 e. The summed E-state index contributed by atoms with van der Waals surface area (Å²) in [5.41, 5.74) is 0.630. The maximum atomic E-state index is 12.4. The van der Waals surface area contributed by atoms with Gasteiger partial charge in [-0.3, -0.25) is 0 Å². The van der Waals surface area contributed by atoms with Gasteiger partial charge < -0.3 is 9.80 Å². The second-order valence-electron chi connectivity index (χ2n) is 6.97. The van der Waals surface area contributed by atoms with E-state index in [1.165, 1.54) is 0 Å². The van der Waals surface area contributed by atoms with Gasteiger partial charge in [-0.15, -0.1) is 0 Å². The molecule has 1 aliphatic heterocycles. The molecule has 0 radical (unpaired) electrons. The number of nitrogens with zero attached hydrogens (tertiary/aromatic N) is 6. The van der Waals surface area contributed by atoms with Gasteiger partial charge in [0, 0.05) is 39.2 Å². The van der Waals surface area contributed by atoms with E-state index < -0.39 is 0 Å². The van der Waals surface area contributed by atoms with Gasteiger partial charge in [0.05, 0.1) is 5.69 Å². The van der Waals surface area contributed by atoms with Crippen LogP contribution in [0.25, 0.3) is 5.69 Å². The number of anilines is 2. The molecule has 0 unspecified atom stereocenters. The van der Waals surface area contributed by atoms with E-state index in [-0.39, 0.29) is 11.6 Å². The first kappa shape index (κ1) is 17.3. The lowest BCUT2D eigenvalue weighted by Gasteiger charge is -2.33. The summed E-state index contributed by atoms with van der Waals surface area (Å²) in [4.78, 5) is 25.3. The maximum absolute atomic E-state index is 12.4. The van der Waals surface area contributed by atoms with Crippen LogP contribution in [0, 0.1) is 0 Å². The number of nitrogens with one attached hydrogen (secondary N) is 1. The minimum absolute atomic E-state index is 0.149. The van der Waals surface area contributed by atoms with Gasteiger partial charge in [-0.05, 0) is 25.0 Å². The highest BCUT2D eigenvalue weighted by Gasteiger charge is 2.27. The molecule has 2 aromatic heterocycles. The lowest BCUT2D eigenvalue weighted by atomic mass is 9.97. The van der Waals surface area contributed by atoms with E-state index in [9.17, 15) is 4.79 Å². The summed E-state index contributed by atoms with van der Waals surface area (Å²) < 4.78 is 1.68. The predicted octanol–water partition coefficient (Wildman–Crippen LogP) is 1.80. The van der Waals surface area contributed by atoms with Crippen LogP contribution in [-0.4, -0.2) is 51.9 Å². The molecule has 27 heavy (non-hydrogen) atoms. The summed E-state index contributed by atoms with van der Waals surface area (Å²) in [6.45, 7) is 1.70. The van der Waals surface area contributed by atoms with Crippen molar-refractivity contribution in [3.63, 3.8) is 0 Å². The lowest BCUT2D eigenvalue weighted by molar-refractivity contribution is 0.482. The van der Waals surface area contributed by atoms with Gasteiger partial charge in [0.25, 0.3) is 0 Å². The summed E-state index contributed by atoms with van der Waals surface area (Å²) in [6, 6.07) is 11.6. The Hall–Kier alpha value is -3.16. The van der Waals surface area contributed by atoms with Gasteiger partial charge in [0.1, 0.15) is 23.8 Å². The number of hydrogen-bond acceptors (Lipinski definition) is 6. The van der Waals surface area contributed by atoms with Crippen molar-refractivity contribution >= 4 is 11.6 Å². The summed E-state index contributed by atoms with van der Waals surface area (Å²) in [6.07, 6.45) is 3.60. The largest absolute Gasteiger partial charge is 0.363 e. The Balaban J connectivity index is 1.63. The van der Waals surface area contributed by atoms with Gasteiger partial charge >= 0.3 is 5.69 Å². The first-order chi connectivity index (χ1) is 13.1. The molecule has 0 aliphatic carbocycles. The number of rotatable bonds is 4. The summed E-state index contributed by atoms with van der Waals surface area (Å²) >= 11 is 0. The van der Waals surface area contributed by atoms with Crippen molar-refractivity contribution in [1.82, 2.24) is 24.7 Å². The molecule has 1 aliphatic rings. The highest BCUT2D eigenvalue weighted by molar-refractivity contribution is 5.50. The van der Waals surface area contributed by atoms with Crippen molar-refractivity contribution in [2.45, 2.75) is 18.8 Å².